The second-order valence-electron chi connectivity index (χ2n) is 5.75. The van der Waals surface area contributed by atoms with Crippen LogP contribution in [0.5, 0.6) is 5.75 Å². The van der Waals surface area contributed by atoms with Crippen LogP contribution in [0.2, 0.25) is 0 Å². The van der Waals surface area contributed by atoms with Gasteiger partial charge in [-0.05, 0) is 55.3 Å². The van der Waals surface area contributed by atoms with Gasteiger partial charge in [0.25, 0.3) is 5.91 Å². The van der Waals surface area contributed by atoms with Crippen molar-refractivity contribution in [2.75, 3.05) is 17.2 Å². The summed E-state index contributed by atoms with van der Waals surface area (Å²) in [6, 6.07) is 11.1. The molecular formula is C18H16BrFN2O3. The van der Waals surface area contributed by atoms with Gasteiger partial charge in [0, 0.05) is 21.8 Å². The molecule has 2 N–H and O–H groups in total. The first-order valence-electron chi connectivity index (χ1n) is 7.80. The monoisotopic (exact) mass is 406 g/mol. The second-order valence-corrected chi connectivity index (χ2v) is 6.67. The van der Waals surface area contributed by atoms with Gasteiger partial charge in [-0.2, -0.15) is 0 Å². The number of hydrogen-bond donors (Lipinski definition) is 2. The number of ether oxygens (including phenoxy) is 1. The summed E-state index contributed by atoms with van der Waals surface area (Å²) in [6.45, 7) is -0.307. The van der Waals surface area contributed by atoms with Crippen LogP contribution in [0.4, 0.5) is 15.8 Å². The van der Waals surface area contributed by atoms with Gasteiger partial charge in [-0.1, -0.05) is 15.9 Å². The summed E-state index contributed by atoms with van der Waals surface area (Å²) in [5, 5.41) is 5.47. The molecule has 25 heavy (non-hydrogen) atoms. The Labute approximate surface area is 152 Å². The maximum absolute atomic E-state index is 13.6. The van der Waals surface area contributed by atoms with Gasteiger partial charge in [0.1, 0.15) is 0 Å². The quantitative estimate of drug-likeness (QED) is 0.762. The second kappa shape index (κ2) is 7.65. The van der Waals surface area contributed by atoms with Crippen molar-refractivity contribution in [3.05, 3.63) is 52.8 Å². The molecule has 7 heteroatoms. The first-order valence-corrected chi connectivity index (χ1v) is 8.59. The Morgan fingerprint density at radius 3 is 2.32 bits per heavy atom. The molecule has 0 atom stereocenters. The topological polar surface area (TPSA) is 67.4 Å². The molecule has 0 unspecified atom stereocenters. The lowest BCUT2D eigenvalue weighted by atomic mass is 10.2. The molecule has 0 radical (unpaired) electrons. The number of halogens is 2. The summed E-state index contributed by atoms with van der Waals surface area (Å²) < 4.78 is 19.4. The minimum atomic E-state index is -0.544. The minimum absolute atomic E-state index is 0.0106. The van der Waals surface area contributed by atoms with Gasteiger partial charge in [0.15, 0.2) is 18.2 Å². The minimum Gasteiger partial charge on any atom is -0.481 e. The van der Waals surface area contributed by atoms with Crippen LogP contribution in [0.25, 0.3) is 0 Å². The normalized spacial score (nSPS) is 13.2. The number of carbonyl (C=O) groups is 2. The van der Waals surface area contributed by atoms with E-state index in [4.69, 9.17) is 4.74 Å². The summed E-state index contributed by atoms with van der Waals surface area (Å²) in [4.78, 5) is 23.6. The zero-order valence-electron chi connectivity index (χ0n) is 13.2. The van der Waals surface area contributed by atoms with Crippen LogP contribution in [0.3, 0.4) is 0 Å². The molecule has 130 valence electrons. The van der Waals surface area contributed by atoms with E-state index in [9.17, 15) is 14.0 Å². The summed E-state index contributed by atoms with van der Waals surface area (Å²) in [6.07, 6.45) is 1.89. The van der Waals surface area contributed by atoms with Gasteiger partial charge >= 0.3 is 0 Å². The third kappa shape index (κ3) is 5.03. The van der Waals surface area contributed by atoms with E-state index in [1.807, 2.05) is 0 Å². The zero-order valence-corrected chi connectivity index (χ0v) is 14.8. The standard InChI is InChI=1S/C18H16BrFN2O3/c19-12-3-8-16(15(20)9-12)25-10-17(23)21-13-4-6-14(7-5-13)22-18(24)11-1-2-11/h3-9,11H,1-2,10H2,(H,21,23)(H,22,24). The van der Waals surface area contributed by atoms with Crippen LogP contribution in [-0.2, 0) is 9.59 Å². The highest BCUT2D eigenvalue weighted by atomic mass is 79.9. The summed E-state index contributed by atoms with van der Waals surface area (Å²) in [5.74, 6) is -0.774. The van der Waals surface area contributed by atoms with E-state index in [2.05, 4.69) is 26.6 Å². The van der Waals surface area contributed by atoms with Gasteiger partial charge in [0.2, 0.25) is 5.91 Å². The fraction of sp³-hybridized carbons (Fsp3) is 0.222. The number of hydrogen-bond acceptors (Lipinski definition) is 3. The van der Waals surface area contributed by atoms with E-state index in [0.29, 0.717) is 15.8 Å². The smallest absolute Gasteiger partial charge is 0.262 e. The Morgan fingerprint density at radius 1 is 1.08 bits per heavy atom. The predicted molar refractivity (Wildman–Crippen MR) is 96.0 cm³/mol. The average Bonchev–Trinajstić information content (AvgIpc) is 3.41. The maximum Gasteiger partial charge on any atom is 0.262 e. The van der Waals surface area contributed by atoms with E-state index in [1.165, 1.54) is 12.1 Å². The Bertz CT molecular complexity index is 791. The molecule has 3 rings (SSSR count). The van der Waals surface area contributed by atoms with Crippen LogP contribution in [0, 0.1) is 11.7 Å². The Morgan fingerprint density at radius 2 is 1.72 bits per heavy atom. The predicted octanol–water partition coefficient (Wildman–Crippen LogP) is 3.95. The molecular weight excluding hydrogens is 391 g/mol. The van der Waals surface area contributed by atoms with E-state index < -0.39 is 11.7 Å². The van der Waals surface area contributed by atoms with Crippen molar-refractivity contribution in [1.82, 2.24) is 0 Å². The number of nitrogens with one attached hydrogen (secondary N) is 2. The van der Waals surface area contributed by atoms with Crippen molar-refractivity contribution in [2.24, 2.45) is 5.92 Å². The molecule has 2 amide bonds. The first kappa shape index (κ1) is 17.4. The van der Waals surface area contributed by atoms with E-state index in [-0.39, 0.29) is 24.2 Å². The van der Waals surface area contributed by atoms with Crippen molar-refractivity contribution in [2.45, 2.75) is 12.8 Å². The SMILES string of the molecule is O=C(COc1ccc(Br)cc1F)Nc1ccc(NC(=O)C2CC2)cc1. The molecule has 0 spiro atoms. The van der Waals surface area contributed by atoms with Gasteiger partial charge < -0.3 is 15.4 Å². The third-order valence-electron chi connectivity index (χ3n) is 3.64. The first-order chi connectivity index (χ1) is 12.0. The van der Waals surface area contributed by atoms with Gasteiger partial charge in [-0.15, -0.1) is 0 Å². The van der Waals surface area contributed by atoms with Gasteiger partial charge in [-0.3, -0.25) is 9.59 Å². The third-order valence-corrected chi connectivity index (χ3v) is 4.13. The Balaban J connectivity index is 1.49. The largest absolute Gasteiger partial charge is 0.481 e. The van der Waals surface area contributed by atoms with Crippen LogP contribution in [0.1, 0.15) is 12.8 Å². The molecule has 0 bridgehead atoms. The lowest BCUT2D eigenvalue weighted by molar-refractivity contribution is -0.118. The fourth-order valence-corrected chi connectivity index (χ4v) is 2.49. The molecule has 1 fully saturated rings. The van der Waals surface area contributed by atoms with Crippen LogP contribution in [0.15, 0.2) is 46.9 Å². The lowest BCUT2D eigenvalue weighted by Crippen LogP contribution is -2.20. The molecule has 1 aliphatic carbocycles. The molecule has 0 aromatic heterocycles. The molecule has 1 saturated carbocycles. The molecule has 0 heterocycles. The number of rotatable bonds is 6. The Kier molecular flexibility index (Phi) is 5.33. The maximum atomic E-state index is 13.6. The summed E-state index contributed by atoms with van der Waals surface area (Å²) in [5.41, 5.74) is 1.25. The van der Waals surface area contributed by atoms with Crippen LogP contribution in [-0.4, -0.2) is 18.4 Å². The highest BCUT2D eigenvalue weighted by Gasteiger charge is 2.29. The number of amides is 2. The lowest BCUT2D eigenvalue weighted by Gasteiger charge is -2.09. The van der Waals surface area contributed by atoms with Gasteiger partial charge in [0.05, 0.1) is 0 Å². The van der Waals surface area contributed by atoms with Crippen molar-refractivity contribution < 1.29 is 18.7 Å². The highest BCUT2D eigenvalue weighted by molar-refractivity contribution is 9.10. The fourth-order valence-electron chi connectivity index (χ4n) is 2.16. The Hall–Kier alpha value is -2.41. The number of benzene rings is 2. The van der Waals surface area contributed by atoms with E-state index in [0.717, 1.165) is 12.8 Å². The molecule has 5 nitrogen and oxygen atoms in total. The summed E-state index contributed by atoms with van der Waals surface area (Å²) in [7, 11) is 0. The molecule has 2 aromatic carbocycles. The van der Waals surface area contributed by atoms with Crippen molar-refractivity contribution in [3.8, 4) is 5.75 Å². The van der Waals surface area contributed by atoms with E-state index in [1.54, 1.807) is 30.3 Å². The van der Waals surface area contributed by atoms with Crippen molar-refractivity contribution >= 4 is 39.1 Å². The average molecular weight is 407 g/mol. The van der Waals surface area contributed by atoms with Gasteiger partial charge in [-0.25, -0.2) is 4.39 Å². The molecule has 0 saturated heterocycles. The number of anilines is 2. The molecule has 0 aliphatic heterocycles. The number of carbonyl (C=O) groups excluding carboxylic acids is 2. The van der Waals surface area contributed by atoms with E-state index >= 15 is 0 Å². The zero-order chi connectivity index (χ0) is 17.8. The van der Waals surface area contributed by atoms with Crippen molar-refractivity contribution in [1.29, 1.82) is 0 Å². The van der Waals surface area contributed by atoms with Crippen LogP contribution < -0.4 is 15.4 Å². The van der Waals surface area contributed by atoms with Crippen molar-refractivity contribution in [3.63, 3.8) is 0 Å². The highest BCUT2D eigenvalue weighted by Crippen LogP contribution is 2.30. The van der Waals surface area contributed by atoms with Crippen LogP contribution >= 0.6 is 15.9 Å². The summed E-state index contributed by atoms with van der Waals surface area (Å²) >= 11 is 3.15. The molecule has 2 aromatic rings. The molecule has 1 aliphatic rings.